The van der Waals surface area contributed by atoms with Crippen molar-refractivity contribution in [3.63, 3.8) is 0 Å². The second kappa shape index (κ2) is 7.65. The fraction of sp³-hybridized carbons (Fsp3) is 0.0833. The van der Waals surface area contributed by atoms with Gasteiger partial charge in [-0.15, -0.1) is 11.3 Å². The second-order valence-corrected chi connectivity index (χ2v) is 7.77. The highest BCUT2D eigenvalue weighted by Gasteiger charge is 2.13. The van der Waals surface area contributed by atoms with Gasteiger partial charge in [0.1, 0.15) is 28.7 Å². The maximum absolute atomic E-state index is 12.6. The zero-order valence-electron chi connectivity index (χ0n) is 16.1. The maximum atomic E-state index is 12.6. The quantitative estimate of drug-likeness (QED) is 0.347. The Bertz CT molecular complexity index is 1390. The van der Waals surface area contributed by atoms with E-state index in [1.54, 1.807) is 13.2 Å². The number of hydrogen-bond donors (Lipinski definition) is 0. The SMILES string of the molecule is COc1ccccc1COc1ccc2cc(-c3nc4ccccc4s3)c(=O)oc2c1. The molecule has 2 heterocycles. The molecule has 30 heavy (non-hydrogen) atoms. The van der Waals surface area contributed by atoms with Crippen LogP contribution in [0.4, 0.5) is 0 Å². The minimum absolute atomic E-state index is 0.351. The van der Waals surface area contributed by atoms with Crippen molar-refractivity contribution in [2.75, 3.05) is 7.11 Å². The molecule has 0 spiro atoms. The zero-order chi connectivity index (χ0) is 20.5. The number of ether oxygens (including phenoxy) is 2. The van der Waals surface area contributed by atoms with Gasteiger partial charge in [-0.05, 0) is 36.4 Å². The first kappa shape index (κ1) is 18.4. The van der Waals surface area contributed by atoms with Crippen molar-refractivity contribution < 1.29 is 13.9 Å². The molecule has 2 aromatic heterocycles. The predicted octanol–water partition coefficient (Wildman–Crippen LogP) is 5.66. The summed E-state index contributed by atoms with van der Waals surface area (Å²) in [6.45, 7) is 0.351. The molecule has 3 aromatic carbocycles. The van der Waals surface area contributed by atoms with Gasteiger partial charge >= 0.3 is 5.63 Å². The van der Waals surface area contributed by atoms with E-state index in [-0.39, 0.29) is 0 Å². The molecule has 0 amide bonds. The van der Waals surface area contributed by atoms with E-state index in [0.29, 0.717) is 28.5 Å². The molecule has 0 fully saturated rings. The number of methoxy groups -OCH3 is 1. The van der Waals surface area contributed by atoms with Gasteiger partial charge in [0, 0.05) is 17.0 Å². The Balaban J connectivity index is 1.46. The lowest BCUT2D eigenvalue weighted by molar-refractivity contribution is 0.296. The van der Waals surface area contributed by atoms with Crippen molar-refractivity contribution >= 4 is 32.5 Å². The molecule has 0 N–H and O–H groups in total. The van der Waals surface area contributed by atoms with E-state index in [0.717, 1.165) is 26.9 Å². The maximum Gasteiger partial charge on any atom is 0.346 e. The number of fused-ring (bicyclic) bond motifs is 2. The third-order valence-electron chi connectivity index (χ3n) is 4.82. The molecule has 148 valence electrons. The number of rotatable bonds is 5. The zero-order valence-corrected chi connectivity index (χ0v) is 16.9. The van der Waals surface area contributed by atoms with Gasteiger partial charge in [0.15, 0.2) is 0 Å². The molecule has 5 aromatic rings. The normalized spacial score (nSPS) is 11.1. The van der Waals surface area contributed by atoms with Gasteiger partial charge in [0.25, 0.3) is 0 Å². The summed E-state index contributed by atoms with van der Waals surface area (Å²) in [6.07, 6.45) is 0. The van der Waals surface area contributed by atoms with Crippen molar-refractivity contribution in [2.24, 2.45) is 0 Å². The highest BCUT2D eigenvalue weighted by atomic mass is 32.1. The number of nitrogens with zero attached hydrogens (tertiary/aromatic N) is 1. The van der Waals surface area contributed by atoms with Crippen LogP contribution in [0.2, 0.25) is 0 Å². The molecule has 0 aliphatic heterocycles. The summed E-state index contributed by atoms with van der Waals surface area (Å²) in [5.41, 5.74) is 2.34. The van der Waals surface area contributed by atoms with Crippen LogP contribution in [0.5, 0.6) is 11.5 Å². The van der Waals surface area contributed by atoms with Gasteiger partial charge in [-0.3, -0.25) is 0 Å². The van der Waals surface area contributed by atoms with E-state index in [9.17, 15) is 4.79 Å². The topological polar surface area (TPSA) is 61.6 Å². The van der Waals surface area contributed by atoms with Crippen LogP contribution in [0.1, 0.15) is 5.56 Å². The summed E-state index contributed by atoms with van der Waals surface area (Å²) in [4.78, 5) is 17.2. The minimum atomic E-state index is -0.413. The van der Waals surface area contributed by atoms with Crippen LogP contribution in [0.3, 0.4) is 0 Å². The van der Waals surface area contributed by atoms with Crippen LogP contribution >= 0.6 is 11.3 Å². The van der Waals surface area contributed by atoms with E-state index < -0.39 is 5.63 Å². The number of para-hydroxylation sites is 2. The van der Waals surface area contributed by atoms with Crippen LogP contribution in [0.15, 0.2) is 82.0 Å². The van der Waals surface area contributed by atoms with E-state index in [1.165, 1.54) is 11.3 Å². The number of aromatic nitrogens is 1. The summed E-state index contributed by atoms with van der Waals surface area (Å²) in [5.74, 6) is 1.38. The lowest BCUT2D eigenvalue weighted by Gasteiger charge is -2.10. The number of thiazole rings is 1. The second-order valence-electron chi connectivity index (χ2n) is 6.73. The molecular weight excluding hydrogens is 398 g/mol. The van der Waals surface area contributed by atoms with E-state index in [1.807, 2.05) is 66.7 Å². The summed E-state index contributed by atoms with van der Waals surface area (Å²) in [6, 6.07) is 22.8. The lowest BCUT2D eigenvalue weighted by Crippen LogP contribution is -2.03. The molecule has 0 saturated carbocycles. The summed E-state index contributed by atoms with van der Waals surface area (Å²) in [7, 11) is 1.63. The summed E-state index contributed by atoms with van der Waals surface area (Å²) < 4.78 is 17.9. The standard InChI is InChI=1S/C24H17NO4S/c1-27-20-8-4-2-6-16(20)14-28-17-11-10-15-12-18(24(26)29-21(15)13-17)23-25-19-7-3-5-9-22(19)30-23/h2-13H,14H2,1H3. The van der Waals surface area contributed by atoms with Gasteiger partial charge < -0.3 is 13.9 Å². The van der Waals surface area contributed by atoms with Crippen LogP contribution in [0.25, 0.3) is 31.8 Å². The molecule has 0 aliphatic rings. The molecule has 0 radical (unpaired) electrons. The van der Waals surface area contributed by atoms with Gasteiger partial charge in [-0.25, -0.2) is 9.78 Å². The first-order valence-corrected chi connectivity index (χ1v) is 10.2. The van der Waals surface area contributed by atoms with E-state index in [2.05, 4.69) is 4.98 Å². The lowest BCUT2D eigenvalue weighted by atomic mass is 10.2. The van der Waals surface area contributed by atoms with Crippen LogP contribution in [-0.4, -0.2) is 12.1 Å². The van der Waals surface area contributed by atoms with Crippen molar-refractivity contribution in [3.05, 3.63) is 88.8 Å². The fourth-order valence-corrected chi connectivity index (χ4v) is 4.27. The summed E-state index contributed by atoms with van der Waals surface area (Å²) in [5, 5.41) is 1.47. The van der Waals surface area contributed by atoms with Gasteiger partial charge in [-0.1, -0.05) is 30.3 Å². The minimum Gasteiger partial charge on any atom is -0.496 e. The molecule has 5 rings (SSSR count). The van der Waals surface area contributed by atoms with E-state index >= 15 is 0 Å². The van der Waals surface area contributed by atoms with Crippen LogP contribution in [-0.2, 0) is 6.61 Å². The largest absolute Gasteiger partial charge is 0.496 e. The van der Waals surface area contributed by atoms with Gasteiger partial charge in [0.2, 0.25) is 0 Å². The predicted molar refractivity (Wildman–Crippen MR) is 118 cm³/mol. The van der Waals surface area contributed by atoms with Crippen LogP contribution < -0.4 is 15.1 Å². The van der Waals surface area contributed by atoms with Crippen molar-refractivity contribution in [1.82, 2.24) is 4.98 Å². The highest BCUT2D eigenvalue weighted by molar-refractivity contribution is 7.21. The Kier molecular flexibility index (Phi) is 4.69. The molecular formula is C24H17NO4S. The molecule has 0 atom stereocenters. The third-order valence-corrected chi connectivity index (χ3v) is 5.89. The van der Waals surface area contributed by atoms with E-state index in [4.69, 9.17) is 13.9 Å². The Labute approximate surface area is 176 Å². The van der Waals surface area contributed by atoms with Crippen LogP contribution in [0, 0.1) is 0 Å². The fourth-order valence-electron chi connectivity index (χ4n) is 3.30. The molecule has 0 bridgehead atoms. The highest BCUT2D eigenvalue weighted by Crippen LogP contribution is 2.31. The molecule has 0 saturated heterocycles. The first-order chi connectivity index (χ1) is 14.7. The Morgan fingerprint density at radius 3 is 2.70 bits per heavy atom. The Morgan fingerprint density at radius 2 is 1.83 bits per heavy atom. The molecule has 5 nitrogen and oxygen atoms in total. The molecule has 0 aliphatic carbocycles. The smallest absolute Gasteiger partial charge is 0.346 e. The average Bonchev–Trinajstić information content (AvgIpc) is 3.21. The van der Waals surface area contributed by atoms with Crippen molar-refractivity contribution in [3.8, 4) is 22.1 Å². The monoisotopic (exact) mass is 415 g/mol. The molecule has 0 unspecified atom stereocenters. The van der Waals surface area contributed by atoms with Crippen molar-refractivity contribution in [2.45, 2.75) is 6.61 Å². The first-order valence-electron chi connectivity index (χ1n) is 9.40. The van der Waals surface area contributed by atoms with Gasteiger partial charge in [-0.2, -0.15) is 0 Å². The Morgan fingerprint density at radius 1 is 1.00 bits per heavy atom. The third kappa shape index (κ3) is 3.42. The average molecular weight is 415 g/mol. The number of hydrogen-bond acceptors (Lipinski definition) is 6. The summed E-state index contributed by atoms with van der Waals surface area (Å²) >= 11 is 1.48. The Hall–Kier alpha value is -3.64. The van der Waals surface area contributed by atoms with Crippen molar-refractivity contribution in [1.29, 1.82) is 0 Å². The number of benzene rings is 3. The van der Waals surface area contributed by atoms with Gasteiger partial charge in [0.05, 0.1) is 22.9 Å². The molecule has 6 heteroatoms.